The molecule has 2 fully saturated rings. The van der Waals surface area contributed by atoms with Gasteiger partial charge in [0.1, 0.15) is 5.69 Å². The van der Waals surface area contributed by atoms with Crippen LogP contribution in [0.25, 0.3) is 11.0 Å². The van der Waals surface area contributed by atoms with Gasteiger partial charge in [-0.2, -0.15) is 0 Å². The molecule has 0 spiro atoms. The van der Waals surface area contributed by atoms with Crippen molar-refractivity contribution in [2.75, 3.05) is 19.6 Å². The highest BCUT2D eigenvalue weighted by Crippen LogP contribution is 2.25. The zero-order chi connectivity index (χ0) is 14.2. The van der Waals surface area contributed by atoms with Crippen molar-refractivity contribution in [1.29, 1.82) is 0 Å². The third-order valence-electron chi connectivity index (χ3n) is 4.61. The van der Waals surface area contributed by atoms with Gasteiger partial charge in [0.25, 0.3) is 5.91 Å². The number of aromatic nitrogens is 2. The fourth-order valence-electron chi connectivity index (χ4n) is 3.45. The summed E-state index contributed by atoms with van der Waals surface area (Å²) in [7, 11) is 0. The van der Waals surface area contributed by atoms with Crippen molar-refractivity contribution in [3.8, 4) is 0 Å². The number of amides is 1. The fraction of sp³-hybridized carbons (Fsp3) is 0.438. The van der Waals surface area contributed by atoms with Crippen LogP contribution >= 0.6 is 24.8 Å². The van der Waals surface area contributed by atoms with E-state index in [0.717, 1.165) is 43.5 Å². The minimum atomic E-state index is 0. The molecule has 2 unspecified atom stereocenters. The van der Waals surface area contributed by atoms with Gasteiger partial charge in [-0.05, 0) is 37.4 Å². The smallest absolute Gasteiger partial charge is 0.274 e. The van der Waals surface area contributed by atoms with E-state index in [1.807, 2.05) is 29.2 Å². The van der Waals surface area contributed by atoms with Crippen LogP contribution in [0, 0.1) is 5.92 Å². The van der Waals surface area contributed by atoms with Crippen molar-refractivity contribution in [2.45, 2.75) is 18.9 Å². The van der Waals surface area contributed by atoms with E-state index in [9.17, 15) is 4.79 Å². The molecule has 0 saturated carbocycles. The summed E-state index contributed by atoms with van der Waals surface area (Å²) in [4.78, 5) is 23.4. The molecule has 124 valence electrons. The average Bonchev–Trinajstić information content (AvgIpc) is 3.01. The first-order valence-corrected chi connectivity index (χ1v) is 7.56. The largest absolute Gasteiger partial charge is 0.337 e. The van der Waals surface area contributed by atoms with E-state index in [1.165, 1.54) is 0 Å². The first-order valence-electron chi connectivity index (χ1n) is 7.56. The Labute approximate surface area is 147 Å². The molecule has 0 aliphatic carbocycles. The SMILES string of the molecule is Cl.Cl.O=C(c1cnc2ccccc2n1)N1CCC2NCCC2C1. The molecule has 3 heterocycles. The van der Waals surface area contributed by atoms with Crippen LogP contribution in [0.3, 0.4) is 0 Å². The van der Waals surface area contributed by atoms with Crippen LogP contribution in [0.4, 0.5) is 0 Å². The third kappa shape index (κ3) is 3.42. The molecule has 0 radical (unpaired) electrons. The van der Waals surface area contributed by atoms with Gasteiger partial charge in [-0.1, -0.05) is 12.1 Å². The van der Waals surface area contributed by atoms with Gasteiger partial charge in [-0.3, -0.25) is 9.78 Å². The van der Waals surface area contributed by atoms with Crippen LogP contribution in [-0.4, -0.2) is 46.5 Å². The van der Waals surface area contributed by atoms with E-state index in [1.54, 1.807) is 6.20 Å². The number of nitrogens with one attached hydrogen (secondary N) is 1. The molecule has 2 aromatic rings. The number of piperidine rings is 1. The van der Waals surface area contributed by atoms with Gasteiger partial charge in [0.05, 0.1) is 17.2 Å². The maximum atomic E-state index is 12.6. The number of hydrogen-bond acceptors (Lipinski definition) is 4. The van der Waals surface area contributed by atoms with E-state index in [0.29, 0.717) is 17.7 Å². The van der Waals surface area contributed by atoms with Crippen LogP contribution in [0.2, 0.25) is 0 Å². The van der Waals surface area contributed by atoms with Gasteiger partial charge < -0.3 is 10.2 Å². The van der Waals surface area contributed by atoms with E-state index in [4.69, 9.17) is 0 Å². The second kappa shape index (κ2) is 7.43. The molecule has 5 nitrogen and oxygen atoms in total. The monoisotopic (exact) mass is 354 g/mol. The highest BCUT2D eigenvalue weighted by Gasteiger charge is 2.34. The Hall–Kier alpha value is -1.43. The van der Waals surface area contributed by atoms with Crippen LogP contribution in [0.5, 0.6) is 0 Å². The van der Waals surface area contributed by atoms with Crippen molar-refractivity contribution >= 4 is 41.8 Å². The molecule has 4 rings (SSSR count). The van der Waals surface area contributed by atoms with E-state index in [-0.39, 0.29) is 30.7 Å². The van der Waals surface area contributed by atoms with Gasteiger partial charge in [-0.25, -0.2) is 4.98 Å². The zero-order valence-corrected chi connectivity index (χ0v) is 14.3. The first kappa shape index (κ1) is 17.9. The summed E-state index contributed by atoms with van der Waals surface area (Å²) in [5.74, 6) is 0.606. The quantitative estimate of drug-likeness (QED) is 0.853. The summed E-state index contributed by atoms with van der Waals surface area (Å²) >= 11 is 0. The molecule has 1 amide bonds. The first-order chi connectivity index (χ1) is 10.3. The Morgan fingerprint density at radius 2 is 1.96 bits per heavy atom. The highest BCUT2D eigenvalue weighted by molar-refractivity contribution is 5.93. The lowest BCUT2D eigenvalue weighted by Gasteiger charge is -2.34. The average molecular weight is 355 g/mol. The van der Waals surface area contributed by atoms with E-state index < -0.39 is 0 Å². The maximum absolute atomic E-state index is 12.6. The van der Waals surface area contributed by atoms with Gasteiger partial charge >= 0.3 is 0 Å². The number of carbonyl (C=O) groups excluding carboxylic acids is 1. The predicted octanol–water partition coefficient (Wildman–Crippen LogP) is 2.30. The van der Waals surface area contributed by atoms with Crippen molar-refractivity contribution in [2.24, 2.45) is 5.92 Å². The van der Waals surface area contributed by atoms with Gasteiger partial charge in [0.2, 0.25) is 0 Å². The zero-order valence-electron chi connectivity index (χ0n) is 12.6. The minimum Gasteiger partial charge on any atom is -0.337 e. The lowest BCUT2D eigenvalue weighted by atomic mass is 9.93. The Kier molecular flexibility index (Phi) is 5.79. The third-order valence-corrected chi connectivity index (χ3v) is 4.61. The van der Waals surface area contributed by atoms with Crippen LogP contribution in [0.15, 0.2) is 30.5 Å². The molecule has 2 saturated heterocycles. The van der Waals surface area contributed by atoms with Crippen molar-refractivity contribution in [3.05, 3.63) is 36.2 Å². The molecule has 2 aliphatic heterocycles. The number of likely N-dealkylation sites (tertiary alicyclic amines) is 1. The molecular formula is C16H20Cl2N4O. The summed E-state index contributed by atoms with van der Waals surface area (Å²) in [6.07, 6.45) is 3.80. The number of nitrogens with zero attached hydrogens (tertiary/aromatic N) is 3. The fourth-order valence-corrected chi connectivity index (χ4v) is 3.45. The maximum Gasteiger partial charge on any atom is 0.274 e. The molecular weight excluding hydrogens is 335 g/mol. The number of halogens is 2. The molecule has 0 bridgehead atoms. The lowest BCUT2D eigenvalue weighted by Crippen LogP contribution is -2.47. The summed E-state index contributed by atoms with van der Waals surface area (Å²) in [6.45, 7) is 2.72. The second-order valence-electron chi connectivity index (χ2n) is 5.89. The molecule has 23 heavy (non-hydrogen) atoms. The number of rotatable bonds is 1. The number of benzene rings is 1. The Morgan fingerprint density at radius 1 is 1.17 bits per heavy atom. The summed E-state index contributed by atoms with van der Waals surface area (Å²) in [5.41, 5.74) is 2.06. The van der Waals surface area contributed by atoms with Crippen molar-refractivity contribution < 1.29 is 4.79 Å². The summed E-state index contributed by atoms with van der Waals surface area (Å²) < 4.78 is 0. The molecule has 7 heteroatoms. The number of carbonyl (C=O) groups is 1. The molecule has 1 aromatic carbocycles. The molecule has 1 N–H and O–H groups in total. The Balaban J connectivity index is 0.000000960. The van der Waals surface area contributed by atoms with Crippen LogP contribution < -0.4 is 5.32 Å². The van der Waals surface area contributed by atoms with E-state index >= 15 is 0 Å². The topological polar surface area (TPSA) is 58.1 Å². The number of hydrogen-bond donors (Lipinski definition) is 1. The van der Waals surface area contributed by atoms with Crippen molar-refractivity contribution in [3.63, 3.8) is 0 Å². The standard InChI is InChI=1S/C16H18N4O.2ClH/c21-16(20-8-6-12-11(10-20)5-7-17-12)15-9-18-13-3-1-2-4-14(13)19-15;;/h1-4,9,11-12,17H,5-8,10H2;2*1H. The normalized spacial score (nSPS) is 22.9. The molecule has 2 aliphatic rings. The summed E-state index contributed by atoms with van der Waals surface area (Å²) in [6, 6.07) is 8.24. The van der Waals surface area contributed by atoms with Crippen LogP contribution in [-0.2, 0) is 0 Å². The van der Waals surface area contributed by atoms with Crippen molar-refractivity contribution in [1.82, 2.24) is 20.2 Å². The van der Waals surface area contributed by atoms with Crippen LogP contribution in [0.1, 0.15) is 23.3 Å². The van der Waals surface area contributed by atoms with Gasteiger partial charge in [0.15, 0.2) is 0 Å². The predicted molar refractivity (Wildman–Crippen MR) is 94.5 cm³/mol. The second-order valence-corrected chi connectivity index (χ2v) is 5.89. The Bertz CT molecular complexity index is 697. The highest BCUT2D eigenvalue weighted by atomic mass is 35.5. The molecule has 1 aromatic heterocycles. The minimum absolute atomic E-state index is 0. The summed E-state index contributed by atoms with van der Waals surface area (Å²) in [5, 5.41) is 3.52. The number of fused-ring (bicyclic) bond motifs is 2. The van der Waals surface area contributed by atoms with Gasteiger partial charge in [0, 0.05) is 19.1 Å². The van der Waals surface area contributed by atoms with E-state index in [2.05, 4.69) is 15.3 Å². The lowest BCUT2D eigenvalue weighted by molar-refractivity contribution is 0.0656. The number of para-hydroxylation sites is 2. The molecule has 2 atom stereocenters. The van der Waals surface area contributed by atoms with Gasteiger partial charge in [-0.15, -0.1) is 24.8 Å². The Morgan fingerprint density at radius 3 is 2.78 bits per heavy atom.